The van der Waals surface area contributed by atoms with Gasteiger partial charge in [0.05, 0.1) is 35.3 Å². The van der Waals surface area contributed by atoms with Crippen molar-refractivity contribution in [2.24, 2.45) is 17.8 Å². The van der Waals surface area contributed by atoms with Gasteiger partial charge in [0.25, 0.3) is 5.91 Å². The molecule has 1 N–H and O–H groups in total. The molecule has 0 unspecified atom stereocenters. The van der Waals surface area contributed by atoms with Gasteiger partial charge in [-0.3, -0.25) is 19.3 Å². The number of anilines is 2. The van der Waals surface area contributed by atoms with Crippen molar-refractivity contribution in [1.29, 1.82) is 0 Å². The summed E-state index contributed by atoms with van der Waals surface area (Å²) < 4.78 is 10.3. The van der Waals surface area contributed by atoms with E-state index in [1.807, 2.05) is 32.0 Å². The van der Waals surface area contributed by atoms with Crippen molar-refractivity contribution in [2.45, 2.75) is 39.0 Å². The molecule has 43 heavy (non-hydrogen) atoms. The molecule has 2 fully saturated rings. The standard InChI is InChI=1S/C34H34N2O7/c1-21(2)19-42-33(40)23-8-13-26(14-9-23)35-30(37)20-43-34(41)24-10-15-27(16-11-24)36-31(38)28-17-12-25(18-29(28)32(36)39)22-6-4-3-5-7-22/h3-11,13-16,21,25,28-29H,12,17-20H2,1-2H3,(H,35,37)/t25-,28+,29+/m0/s1. The molecule has 2 aliphatic rings. The number of imide groups is 1. The highest BCUT2D eigenvalue weighted by Gasteiger charge is 2.50. The molecule has 0 aromatic heterocycles. The minimum Gasteiger partial charge on any atom is -0.462 e. The van der Waals surface area contributed by atoms with Crippen molar-refractivity contribution in [2.75, 3.05) is 23.4 Å². The average Bonchev–Trinajstić information content (AvgIpc) is 3.28. The molecule has 0 bridgehead atoms. The molecule has 3 aromatic carbocycles. The van der Waals surface area contributed by atoms with Crippen molar-refractivity contribution in [3.8, 4) is 0 Å². The first kappa shape index (κ1) is 29.7. The molecule has 9 heteroatoms. The van der Waals surface area contributed by atoms with Gasteiger partial charge in [-0.05, 0) is 85.2 Å². The number of hydrogen-bond donors (Lipinski definition) is 1. The number of esters is 2. The summed E-state index contributed by atoms with van der Waals surface area (Å²) in [6.45, 7) is 3.68. The van der Waals surface area contributed by atoms with Crippen LogP contribution in [0.25, 0.3) is 0 Å². The summed E-state index contributed by atoms with van der Waals surface area (Å²) in [4.78, 5) is 64.7. The molecule has 1 aliphatic carbocycles. The van der Waals surface area contributed by atoms with Gasteiger partial charge in [0.2, 0.25) is 11.8 Å². The monoisotopic (exact) mass is 582 g/mol. The molecule has 0 radical (unpaired) electrons. The minimum atomic E-state index is -0.719. The highest BCUT2D eigenvalue weighted by Crippen LogP contribution is 2.45. The zero-order valence-electron chi connectivity index (χ0n) is 24.2. The molecule has 0 spiro atoms. The number of fused-ring (bicyclic) bond motifs is 1. The fraction of sp³-hybridized carbons (Fsp3) is 0.324. The van der Waals surface area contributed by atoms with E-state index in [0.717, 1.165) is 6.42 Å². The highest BCUT2D eigenvalue weighted by molar-refractivity contribution is 6.22. The maximum atomic E-state index is 13.3. The van der Waals surface area contributed by atoms with Crippen LogP contribution in [-0.2, 0) is 23.9 Å². The van der Waals surface area contributed by atoms with Crippen molar-refractivity contribution >= 4 is 41.0 Å². The number of rotatable bonds is 9. The smallest absolute Gasteiger partial charge is 0.338 e. The van der Waals surface area contributed by atoms with Crippen LogP contribution in [0.2, 0.25) is 0 Å². The third-order valence-corrected chi connectivity index (χ3v) is 7.84. The third kappa shape index (κ3) is 6.83. The Kier molecular flexibility index (Phi) is 8.99. The topological polar surface area (TPSA) is 119 Å². The summed E-state index contributed by atoms with van der Waals surface area (Å²) in [5, 5.41) is 2.61. The van der Waals surface area contributed by atoms with E-state index in [9.17, 15) is 24.0 Å². The maximum absolute atomic E-state index is 13.3. The van der Waals surface area contributed by atoms with Crippen molar-refractivity contribution in [3.63, 3.8) is 0 Å². The van der Waals surface area contributed by atoms with E-state index in [1.165, 1.54) is 34.7 Å². The van der Waals surface area contributed by atoms with Gasteiger partial charge in [0, 0.05) is 5.69 Å². The van der Waals surface area contributed by atoms with Crippen LogP contribution < -0.4 is 10.2 Å². The fourth-order valence-electron chi connectivity index (χ4n) is 5.64. The largest absolute Gasteiger partial charge is 0.462 e. The number of carbonyl (C=O) groups is 5. The second kappa shape index (κ2) is 13.0. The predicted octanol–water partition coefficient (Wildman–Crippen LogP) is 5.37. The van der Waals surface area contributed by atoms with Crippen LogP contribution >= 0.6 is 0 Å². The quantitative estimate of drug-likeness (QED) is 0.266. The first-order valence-corrected chi connectivity index (χ1v) is 14.5. The van der Waals surface area contributed by atoms with Gasteiger partial charge in [-0.1, -0.05) is 44.2 Å². The van der Waals surface area contributed by atoms with Gasteiger partial charge >= 0.3 is 11.9 Å². The van der Waals surface area contributed by atoms with Gasteiger partial charge in [0.15, 0.2) is 6.61 Å². The molecule has 9 nitrogen and oxygen atoms in total. The molecular formula is C34H34N2O7. The second-order valence-electron chi connectivity index (χ2n) is 11.4. The van der Waals surface area contributed by atoms with E-state index in [2.05, 4.69) is 17.4 Å². The first-order valence-electron chi connectivity index (χ1n) is 14.5. The molecule has 1 aliphatic heterocycles. The number of nitrogens with zero attached hydrogens (tertiary/aromatic N) is 1. The van der Waals surface area contributed by atoms with E-state index in [-0.39, 0.29) is 41.0 Å². The lowest BCUT2D eigenvalue weighted by Crippen LogP contribution is -2.30. The zero-order valence-corrected chi connectivity index (χ0v) is 24.2. The lowest BCUT2D eigenvalue weighted by Gasteiger charge is -2.28. The molecule has 222 valence electrons. The van der Waals surface area contributed by atoms with Crippen LogP contribution in [0.15, 0.2) is 78.9 Å². The summed E-state index contributed by atoms with van der Waals surface area (Å²) in [6, 6.07) is 22.3. The lowest BCUT2D eigenvalue weighted by atomic mass is 9.73. The summed E-state index contributed by atoms with van der Waals surface area (Å²) in [6.07, 6.45) is 2.15. The molecule has 1 saturated heterocycles. The van der Waals surface area contributed by atoms with Crippen molar-refractivity contribution < 1.29 is 33.4 Å². The van der Waals surface area contributed by atoms with Crippen molar-refractivity contribution in [3.05, 3.63) is 95.6 Å². The number of hydrogen-bond acceptors (Lipinski definition) is 7. The normalized spacial score (nSPS) is 19.6. The van der Waals surface area contributed by atoms with Gasteiger partial charge < -0.3 is 14.8 Å². The summed E-state index contributed by atoms with van der Waals surface area (Å²) in [5.41, 5.74) is 2.57. The number of carbonyl (C=O) groups excluding carboxylic acids is 5. The van der Waals surface area contributed by atoms with E-state index in [1.54, 1.807) is 24.3 Å². The Hall–Kier alpha value is -4.79. The summed E-state index contributed by atoms with van der Waals surface area (Å²) in [7, 11) is 0. The van der Waals surface area contributed by atoms with Crippen molar-refractivity contribution in [1.82, 2.24) is 0 Å². The lowest BCUT2D eigenvalue weighted by molar-refractivity contribution is -0.122. The molecule has 1 heterocycles. The Morgan fingerprint density at radius 3 is 2.05 bits per heavy atom. The Balaban J connectivity index is 1.13. The van der Waals surface area contributed by atoms with Crippen LogP contribution in [0.1, 0.15) is 65.3 Å². The van der Waals surface area contributed by atoms with E-state index in [0.29, 0.717) is 36.4 Å². The molecule has 1 saturated carbocycles. The highest BCUT2D eigenvalue weighted by atomic mass is 16.5. The summed E-state index contributed by atoms with van der Waals surface area (Å²) >= 11 is 0. The molecule has 3 atom stereocenters. The van der Waals surface area contributed by atoms with Gasteiger partial charge in [-0.2, -0.15) is 0 Å². The summed E-state index contributed by atoms with van der Waals surface area (Å²) in [5.74, 6) is -2.34. The number of nitrogens with one attached hydrogen (secondary N) is 1. The zero-order chi connectivity index (χ0) is 30.5. The average molecular weight is 583 g/mol. The fourth-order valence-corrected chi connectivity index (χ4v) is 5.64. The molecule has 3 aromatic rings. The van der Waals surface area contributed by atoms with Gasteiger partial charge in [-0.25, -0.2) is 9.59 Å². The molecule has 3 amide bonds. The van der Waals surface area contributed by atoms with Crippen LogP contribution in [0.4, 0.5) is 11.4 Å². The van der Waals surface area contributed by atoms with Crippen LogP contribution in [0.3, 0.4) is 0 Å². The van der Waals surface area contributed by atoms with E-state index >= 15 is 0 Å². The Bertz CT molecular complexity index is 1500. The number of ether oxygens (including phenoxy) is 2. The van der Waals surface area contributed by atoms with E-state index < -0.39 is 24.5 Å². The van der Waals surface area contributed by atoms with Gasteiger partial charge in [0.1, 0.15) is 0 Å². The van der Waals surface area contributed by atoms with Crippen LogP contribution in [-0.4, -0.2) is 42.9 Å². The number of benzene rings is 3. The molecule has 5 rings (SSSR count). The van der Waals surface area contributed by atoms with Crippen LogP contribution in [0, 0.1) is 17.8 Å². The second-order valence-corrected chi connectivity index (χ2v) is 11.4. The Labute approximate surface area is 250 Å². The number of amides is 3. The van der Waals surface area contributed by atoms with E-state index in [4.69, 9.17) is 9.47 Å². The SMILES string of the molecule is CC(C)COC(=O)c1ccc(NC(=O)COC(=O)c2ccc(N3C(=O)[C@@H]4CC[C@H](c5ccccc5)C[C@H]4C3=O)cc2)cc1. The minimum absolute atomic E-state index is 0.182. The van der Waals surface area contributed by atoms with Crippen LogP contribution in [0.5, 0.6) is 0 Å². The Morgan fingerprint density at radius 2 is 1.40 bits per heavy atom. The third-order valence-electron chi connectivity index (χ3n) is 7.84. The predicted molar refractivity (Wildman–Crippen MR) is 159 cm³/mol. The van der Waals surface area contributed by atoms with Gasteiger partial charge in [-0.15, -0.1) is 0 Å². The maximum Gasteiger partial charge on any atom is 0.338 e. The molecular weight excluding hydrogens is 548 g/mol. The Morgan fingerprint density at radius 1 is 0.791 bits per heavy atom. The first-order chi connectivity index (χ1) is 20.7.